The summed E-state index contributed by atoms with van der Waals surface area (Å²) in [4.78, 5) is 15.7. The molecule has 0 N–H and O–H groups in total. The Morgan fingerprint density at radius 3 is 2.75 bits per heavy atom. The van der Waals surface area contributed by atoms with Crippen molar-refractivity contribution in [2.45, 2.75) is 52.4 Å². The van der Waals surface area contributed by atoms with Gasteiger partial charge in [0.1, 0.15) is 10.7 Å². The highest BCUT2D eigenvalue weighted by Gasteiger charge is 2.32. The van der Waals surface area contributed by atoms with Gasteiger partial charge in [-0.05, 0) is 25.0 Å². The van der Waals surface area contributed by atoms with E-state index >= 15 is 0 Å². The summed E-state index contributed by atoms with van der Waals surface area (Å²) in [6.45, 7) is 7.25. The van der Waals surface area contributed by atoms with E-state index in [4.69, 9.17) is 4.74 Å². The lowest BCUT2D eigenvalue weighted by molar-refractivity contribution is -0.0379. The topological polar surface area (TPSA) is 61.4 Å². The summed E-state index contributed by atoms with van der Waals surface area (Å²) in [7, 11) is 0. The number of hydrogen-bond acceptors (Lipinski definition) is 5. The maximum atomic E-state index is 13.6. The molecule has 5 rings (SSSR count). The zero-order valence-electron chi connectivity index (χ0n) is 16.2. The predicted octanol–water partition coefficient (Wildman–Crippen LogP) is 3.57. The van der Waals surface area contributed by atoms with E-state index in [1.54, 1.807) is 15.9 Å². The number of aryl methyl sites for hydroxylation is 1. The zero-order chi connectivity index (χ0) is 19.5. The fourth-order valence-electron chi connectivity index (χ4n) is 3.97. The lowest BCUT2D eigenvalue weighted by atomic mass is 9.94. The van der Waals surface area contributed by atoms with E-state index in [0.717, 1.165) is 44.9 Å². The van der Waals surface area contributed by atoms with Crippen molar-refractivity contribution in [2.24, 2.45) is 0 Å². The smallest absolute Gasteiger partial charge is 0.264 e. The van der Waals surface area contributed by atoms with Gasteiger partial charge in [0.25, 0.3) is 5.56 Å². The summed E-state index contributed by atoms with van der Waals surface area (Å²) in [6, 6.07) is 10.0. The van der Waals surface area contributed by atoms with Gasteiger partial charge in [0.15, 0.2) is 0 Å². The summed E-state index contributed by atoms with van der Waals surface area (Å²) in [5.41, 5.74) is 1.94. The van der Waals surface area contributed by atoms with Crippen LogP contribution < -0.4 is 5.56 Å². The minimum atomic E-state index is -0.270. The van der Waals surface area contributed by atoms with Gasteiger partial charge in [-0.25, -0.2) is 0 Å². The quantitative estimate of drug-likeness (QED) is 0.533. The maximum absolute atomic E-state index is 13.6. The van der Waals surface area contributed by atoms with Crippen molar-refractivity contribution < 1.29 is 4.74 Å². The molecule has 1 aliphatic heterocycles. The molecule has 144 valence electrons. The predicted molar refractivity (Wildman–Crippen MR) is 110 cm³/mol. The summed E-state index contributed by atoms with van der Waals surface area (Å²) in [5, 5.41) is 9.55. The molecule has 0 bridgehead atoms. The van der Waals surface area contributed by atoms with Crippen LogP contribution in [-0.2, 0) is 30.7 Å². The molecule has 4 heterocycles. The molecule has 0 spiro atoms. The third kappa shape index (κ3) is 2.61. The minimum absolute atomic E-state index is 0.0107. The van der Waals surface area contributed by atoms with Gasteiger partial charge < -0.3 is 4.74 Å². The van der Waals surface area contributed by atoms with Gasteiger partial charge >= 0.3 is 0 Å². The van der Waals surface area contributed by atoms with Gasteiger partial charge in [0.2, 0.25) is 5.78 Å². The van der Waals surface area contributed by atoms with Crippen molar-refractivity contribution in [2.75, 3.05) is 0 Å². The van der Waals surface area contributed by atoms with Crippen LogP contribution in [0.2, 0.25) is 0 Å². The Kier molecular flexibility index (Phi) is 3.93. The number of thiophene rings is 1. The van der Waals surface area contributed by atoms with Crippen LogP contribution >= 0.6 is 11.3 Å². The second-order valence-electron chi connectivity index (χ2n) is 7.89. The molecule has 7 heteroatoms. The number of benzene rings is 1. The van der Waals surface area contributed by atoms with Crippen LogP contribution in [0.25, 0.3) is 16.0 Å². The average molecular weight is 395 g/mol. The minimum Gasteiger partial charge on any atom is -0.370 e. The normalized spacial score (nSPS) is 16.0. The summed E-state index contributed by atoms with van der Waals surface area (Å²) in [5.74, 6) is 1.48. The van der Waals surface area contributed by atoms with Crippen molar-refractivity contribution in [1.29, 1.82) is 0 Å². The van der Waals surface area contributed by atoms with E-state index in [2.05, 4.69) is 35.4 Å². The van der Waals surface area contributed by atoms with Crippen molar-refractivity contribution in [3.8, 4) is 0 Å². The van der Waals surface area contributed by atoms with Crippen LogP contribution in [0.4, 0.5) is 0 Å². The second kappa shape index (κ2) is 6.25. The summed E-state index contributed by atoms with van der Waals surface area (Å²) in [6.07, 6.45) is 1.49. The van der Waals surface area contributed by atoms with Gasteiger partial charge in [-0.1, -0.05) is 37.3 Å². The van der Waals surface area contributed by atoms with Gasteiger partial charge in [-0.2, -0.15) is 0 Å². The molecule has 4 aromatic rings. The third-order valence-corrected chi connectivity index (χ3v) is 6.58. The number of fused-ring (bicyclic) bond motifs is 5. The molecule has 0 amide bonds. The van der Waals surface area contributed by atoms with Crippen LogP contribution in [0.15, 0.2) is 35.1 Å². The fraction of sp³-hybridized carbons (Fsp3) is 0.381. The first kappa shape index (κ1) is 17.6. The molecule has 0 saturated heterocycles. The number of ether oxygens (including phenoxy) is 1. The molecule has 0 saturated carbocycles. The Balaban J connectivity index is 1.85. The standard InChI is InChI=1S/C21H22N4O2S/c1-4-16-22-23-20-24(11-13-8-6-5-7-9-13)18(26)17-14-10-21(2,3)27-12-15(14)28-19(17)25(16)20/h5-9H,4,10-12H2,1-3H3. The van der Waals surface area contributed by atoms with E-state index in [1.165, 1.54) is 0 Å². The lowest BCUT2D eigenvalue weighted by Crippen LogP contribution is -2.32. The highest BCUT2D eigenvalue weighted by Crippen LogP contribution is 2.38. The monoisotopic (exact) mass is 394 g/mol. The molecule has 0 radical (unpaired) electrons. The Labute approximate surface area is 166 Å². The number of nitrogens with zero attached hydrogens (tertiary/aromatic N) is 4. The van der Waals surface area contributed by atoms with E-state index in [-0.39, 0.29) is 11.2 Å². The van der Waals surface area contributed by atoms with Gasteiger partial charge in [-0.3, -0.25) is 13.8 Å². The Morgan fingerprint density at radius 2 is 2.00 bits per heavy atom. The molecule has 6 nitrogen and oxygen atoms in total. The van der Waals surface area contributed by atoms with E-state index in [1.807, 2.05) is 30.3 Å². The van der Waals surface area contributed by atoms with Crippen molar-refractivity contribution in [3.63, 3.8) is 0 Å². The van der Waals surface area contributed by atoms with Crippen LogP contribution in [0, 0.1) is 0 Å². The summed E-state index contributed by atoms with van der Waals surface area (Å²) >= 11 is 1.64. The Hall–Kier alpha value is -2.51. The highest BCUT2D eigenvalue weighted by atomic mass is 32.1. The van der Waals surface area contributed by atoms with Crippen molar-refractivity contribution >= 4 is 27.3 Å². The fourth-order valence-corrected chi connectivity index (χ4v) is 5.21. The van der Waals surface area contributed by atoms with Gasteiger partial charge in [-0.15, -0.1) is 21.5 Å². The van der Waals surface area contributed by atoms with Crippen molar-refractivity contribution in [1.82, 2.24) is 19.2 Å². The SMILES string of the molecule is CCc1nnc2n(Cc3ccccc3)c(=O)c3c4c(sc3n12)COC(C)(C)C4. The molecular formula is C21H22N4O2S. The number of rotatable bonds is 3. The first-order chi connectivity index (χ1) is 13.5. The Morgan fingerprint density at radius 1 is 1.21 bits per heavy atom. The van der Waals surface area contributed by atoms with Crippen molar-refractivity contribution in [3.05, 3.63) is 62.5 Å². The third-order valence-electron chi connectivity index (χ3n) is 5.38. The molecule has 0 unspecified atom stereocenters. The zero-order valence-corrected chi connectivity index (χ0v) is 17.0. The molecule has 0 fully saturated rings. The Bertz CT molecular complexity index is 1250. The largest absolute Gasteiger partial charge is 0.370 e. The van der Waals surface area contributed by atoms with E-state index in [0.29, 0.717) is 18.9 Å². The van der Waals surface area contributed by atoms with E-state index in [9.17, 15) is 4.79 Å². The van der Waals surface area contributed by atoms with Gasteiger partial charge in [0.05, 0.1) is 24.1 Å². The van der Waals surface area contributed by atoms with E-state index < -0.39 is 0 Å². The van der Waals surface area contributed by atoms with Crippen LogP contribution in [0.3, 0.4) is 0 Å². The second-order valence-corrected chi connectivity index (χ2v) is 8.97. The molecule has 0 atom stereocenters. The molecule has 1 aromatic carbocycles. The average Bonchev–Trinajstić information content (AvgIpc) is 3.26. The number of hydrogen-bond donors (Lipinski definition) is 0. The summed E-state index contributed by atoms with van der Waals surface area (Å²) < 4.78 is 9.83. The molecule has 28 heavy (non-hydrogen) atoms. The molecule has 0 aliphatic carbocycles. The number of aromatic nitrogens is 4. The van der Waals surface area contributed by atoms with Crippen LogP contribution in [0.5, 0.6) is 0 Å². The highest BCUT2D eigenvalue weighted by molar-refractivity contribution is 7.18. The molecule has 3 aromatic heterocycles. The molecular weight excluding hydrogens is 372 g/mol. The first-order valence-corrected chi connectivity index (χ1v) is 10.4. The van der Waals surface area contributed by atoms with Gasteiger partial charge in [0, 0.05) is 17.7 Å². The maximum Gasteiger partial charge on any atom is 0.264 e. The molecule has 1 aliphatic rings. The first-order valence-electron chi connectivity index (χ1n) is 9.57. The lowest BCUT2D eigenvalue weighted by Gasteiger charge is -2.29. The van der Waals surface area contributed by atoms with Crippen LogP contribution in [0.1, 0.15) is 42.6 Å². The van der Waals surface area contributed by atoms with Crippen LogP contribution in [-0.4, -0.2) is 24.8 Å².